The first-order valence-corrected chi connectivity index (χ1v) is 13.2. The summed E-state index contributed by atoms with van der Waals surface area (Å²) < 4.78 is 17.0. The molecule has 0 unspecified atom stereocenters. The van der Waals surface area contributed by atoms with Crippen molar-refractivity contribution >= 4 is 11.7 Å². The molecule has 1 fully saturated rings. The van der Waals surface area contributed by atoms with Gasteiger partial charge in [0.05, 0.1) is 19.1 Å². The Labute approximate surface area is 218 Å². The largest absolute Gasteiger partial charge is 0.493 e. The number of benzene rings is 2. The Balaban J connectivity index is 1.32. The van der Waals surface area contributed by atoms with E-state index in [1.807, 2.05) is 19.9 Å². The minimum atomic E-state index is -0.891. The van der Waals surface area contributed by atoms with E-state index < -0.39 is 12.1 Å². The van der Waals surface area contributed by atoms with Gasteiger partial charge in [0.2, 0.25) is 5.91 Å². The third kappa shape index (κ3) is 7.69. The number of Topliss-reactive ketones (excluding diaryl/α,β-unsaturated/α-hetero) is 1. The molecule has 8 nitrogen and oxygen atoms in total. The number of nitrogens with one attached hydrogen (secondary N) is 1. The van der Waals surface area contributed by atoms with Crippen LogP contribution in [-0.4, -0.2) is 67.2 Å². The van der Waals surface area contributed by atoms with E-state index in [-0.39, 0.29) is 24.7 Å². The van der Waals surface area contributed by atoms with E-state index in [9.17, 15) is 14.7 Å². The van der Waals surface area contributed by atoms with Gasteiger partial charge >= 0.3 is 0 Å². The zero-order valence-electron chi connectivity index (χ0n) is 21.8. The Bertz CT molecular complexity index is 1050. The third-order valence-electron chi connectivity index (χ3n) is 6.66. The Hall–Kier alpha value is -3.10. The summed E-state index contributed by atoms with van der Waals surface area (Å²) in [4.78, 5) is 27.3. The highest BCUT2D eigenvalue weighted by Gasteiger charge is 2.28. The molecule has 1 amide bonds. The summed E-state index contributed by atoms with van der Waals surface area (Å²) >= 11 is 0. The standard InChI is InChI=1S/C29H38N2O6/c1-20(2)17-25(32)21-5-8-23(9-6-21)35-14-11-28(33)30-24(19-31-12-3-4-13-31)29(34)22-7-10-26-27(18-22)37-16-15-36-26/h5-10,18,20,24,29,34H,3-4,11-17,19H2,1-2H3,(H,30,33)/t24-,29-/m1/s1. The van der Waals surface area contributed by atoms with Crippen molar-refractivity contribution in [1.82, 2.24) is 10.2 Å². The second-order valence-corrected chi connectivity index (χ2v) is 10.2. The van der Waals surface area contributed by atoms with Crippen LogP contribution in [0.3, 0.4) is 0 Å². The fourth-order valence-electron chi connectivity index (χ4n) is 4.71. The lowest BCUT2D eigenvalue weighted by molar-refractivity contribution is -0.123. The van der Waals surface area contributed by atoms with Gasteiger partial charge in [-0.25, -0.2) is 0 Å². The van der Waals surface area contributed by atoms with E-state index >= 15 is 0 Å². The van der Waals surface area contributed by atoms with Gasteiger partial charge in [0.25, 0.3) is 0 Å². The van der Waals surface area contributed by atoms with E-state index in [0.29, 0.717) is 60.5 Å². The number of ether oxygens (including phenoxy) is 3. The van der Waals surface area contributed by atoms with Crippen LogP contribution < -0.4 is 19.5 Å². The van der Waals surface area contributed by atoms with Gasteiger partial charge in [-0.1, -0.05) is 19.9 Å². The van der Waals surface area contributed by atoms with E-state index in [1.165, 1.54) is 0 Å². The summed E-state index contributed by atoms with van der Waals surface area (Å²) in [5.74, 6) is 2.12. The zero-order chi connectivity index (χ0) is 26.2. The van der Waals surface area contributed by atoms with Crippen LogP contribution in [0.5, 0.6) is 17.2 Å². The molecule has 0 aliphatic carbocycles. The monoisotopic (exact) mass is 510 g/mol. The number of fused-ring (bicyclic) bond motifs is 1. The van der Waals surface area contributed by atoms with Crippen LogP contribution >= 0.6 is 0 Å². The normalized spacial score (nSPS) is 16.9. The highest BCUT2D eigenvalue weighted by atomic mass is 16.6. The molecule has 0 radical (unpaired) electrons. The molecule has 2 N–H and O–H groups in total. The quantitative estimate of drug-likeness (QED) is 0.420. The number of rotatable bonds is 12. The molecule has 1 saturated heterocycles. The lowest BCUT2D eigenvalue weighted by atomic mass is 10.0. The molecule has 0 saturated carbocycles. The molecule has 2 aromatic rings. The van der Waals surface area contributed by atoms with Crippen molar-refractivity contribution in [1.29, 1.82) is 0 Å². The Morgan fingerprint density at radius 1 is 1.03 bits per heavy atom. The molecule has 2 aliphatic heterocycles. The van der Waals surface area contributed by atoms with Gasteiger partial charge in [-0.3, -0.25) is 9.59 Å². The first kappa shape index (κ1) is 26.9. The Kier molecular flexibility index (Phi) is 9.41. The van der Waals surface area contributed by atoms with Crippen molar-refractivity contribution < 1.29 is 28.9 Å². The summed E-state index contributed by atoms with van der Waals surface area (Å²) in [6.45, 7) is 7.69. The number of hydrogen-bond donors (Lipinski definition) is 2. The maximum Gasteiger partial charge on any atom is 0.223 e. The number of ketones is 1. The molecule has 2 atom stereocenters. The van der Waals surface area contributed by atoms with Crippen LogP contribution in [0.15, 0.2) is 42.5 Å². The summed E-state index contributed by atoms with van der Waals surface area (Å²) in [6.07, 6.45) is 2.01. The molecule has 2 aliphatic rings. The van der Waals surface area contributed by atoms with Crippen LogP contribution in [0, 0.1) is 5.92 Å². The Morgan fingerprint density at radius 2 is 1.73 bits per heavy atom. The SMILES string of the molecule is CC(C)CC(=O)c1ccc(OCCC(=O)N[C@H](CN2CCCC2)[C@H](O)c2ccc3c(c2)OCCO3)cc1. The fraction of sp³-hybridized carbons (Fsp3) is 0.517. The van der Waals surface area contributed by atoms with Crippen LogP contribution in [0.4, 0.5) is 0 Å². The minimum absolute atomic E-state index is 0.113. The number of aliphatic hydroxyl groups excluding tert-OH is 1. The lowest BCUT2D eigenvalue weighted by Crippen LogP contribution is -2.47. The topological polar surface area (TPSA) is 97.3 Å². The number of aliphatic hydroxyl groups is 1. The Morgan fingerprint density at radius 3 is 2.43 bits per heavy atom. The predicted molar refractivity (Wildman–Crippen MR) is 140 cm³/mol. The van der Waals surface area contributed by atoms with E-state index in [4.69, 9.17) is 14.2 Å². The molecule has 200 valence electrons. The number of hydrogen-bond acceptors (Lipinski definition) is 7. The lowest BCUT2D eigenvalue weighted by Gasteiger charge is -2.29. The molecule has 4 rings (SSSR count). The molecule has 0 bridgehead atoms. The van der Waals surface area contributed by atoms with Crippen LogP contribution in [0.1, 0.15) is 61.6 Å². The highest BCUT2D eigenvalue weighted by Crippen LogP contribution is 2.33. The maximum atomic E-state index is 12.8. The van der Waals surface area contributed by atoms with Crippen molar-refractivity contribution in [3.8, 4) is 17.2 Å². The van der Waals surface area contributed by atoms with Gasteiger partial charge in [0, 0.05) is 18.5 Å². The zero-order valence-corrected chi connectivity index (χ0v) is 21.8. The first-order valence-electron chi connectivity index (χ1n) is 13.2. The van der Waals surface area contributed by atoms with Crippen molar-refractivity contribution in [2.75, 3.05) is 39.5 Å². The number of amides is 1. The van der Waals surface area contributed by atoms with Gasteiger partial charge in [-0.2, -0.15) is 0 Å². The van der Waals surface area contributed by atoms with Gasteiger partial charge in [-0.15, -0.1) is 0 Å². The van der Waals surface area contributed by atoms with Crippen LogP contribution in [-0.2, 0) is 4.79 Å². The van der Waals surface area contributed by atoms with Crippen molar-refractivity contribution in [2.24, 2.45) is 5.92 Å². The van der Waals surface area contributed by atoms with Crippen molar-refractivity contribution in [3.05, 3.63) is 53.6 Å². The van der Waals surface area contributed by atoms with Gasteiger partial charge in [0.15, 0.2) is 17.3 Å². The van der Waals surface area contributed by atoms with Crippen LogP contribution in [0.2, 0.25) is 0 Å². The van der Waals surface area contributed by atoms with E-state index in [1.54, 1.807) is 36.4 Å². The summed E-state index contributed by atoms with van der Waals surface area (Å²) in [5.41, 5.74) is 1.34. The number of likely N-dealkylation sites (tertiary alicyclic amines) is 1. The van der Waals surface area contributed by atoms with Gasteiger partial charge < -0.3 is 29.5 Å². The fourth-order valence-corrected chi connectivity index (χ4v) is 4.71. The molecule has 37 heavy (non-hydrogen) atoms. The molecule has 2 aromatic carbocycles. The van der Waals surface area contributed by atoms with Crippen LogP contribution in [0.25, 0.3) is 0 Å². The average Bonchev–Trinajstić information content (AvgIpc) is 3.41. The van der Waals surface area contributed by atoms with Gasteiger partial charge in [-0.05, 0) is 73.8 Å². The summed E-state index contributed by atoms with van der Waals surface area (Å²) in [7, 11) is 0. The summed E-state index contributed by atoms with van der Waals surface area (Å²) in [6, 6.07) is 12.0. The molecule has 0 spiro atoms. The maximum absolute atomic E-state index is 12.8. The second-order valence-electron chi connectivity index (χ2n) is 10.2. The average molecular weight is 511 g/mol. The summed E-state index contributed by atoms with van der Waals surface area (Å²) in [5, 5.41) is 14.2. The molecular weight excluding hydrogens is 472 g/mol. The molecule has 8 heteroatoms. The van der Waals surface area contributed by atoms with Crippen molar-refractivity contribution in [2.45, 2.75) is 51.7 Å². The molecule has 2 heterocycles. The smallest absolute Gasteiger partial charge is 0.223 e. The third-order valence-corrected chi connectivity index (χ3v) is 6.66. The molecule has 0 aromatic heterocycles. The number of carbonyl (C=O) groups excluding carboxylic acids is 2. The van der Waals surface area contributed by atoms with Crippen molar-refractivity contribution in [3.63, 3.8) is 0 Å². The first-order chi connectivity index (χ1) is 17.9. The second kappa shape index (κ2) is 12.9. The van der Waals surface area contributed by atoms with E-state index in [2.05, 4.69) is 10.2 Å². The predicted octanol–water partition coefficient (Wildman–Crippen LogP) is 3.77. The molecular formula is C29H38N2O6. The van der Waals surface area contributed by atoms with E-state index in [0.717, 1.165) is 25.9 Å². The number of carbonyl (C=O) groups is 2. The highest BCUT2D eigenvalue weighted by molar-refractivity contribution is 5.96. The van der Waals surface area contributed by atoms with Gasteiger partial charge in [0.1, 0.15) is 25.1 Å². The minimum Gasteiger partial charge on any atom is -0.493 e. The number of nitrogens with zero attached hydrogens (tertiary/aromatic N) is 1.